The number of hydrogen-bond acceptors (Lipinski definition) is 5. The molecule has 2 saturated carbocycles. The van der Waals surface area contributed by atoms with Gasteiger partial charge in [0.25, 0.3) is 5.91 Å². The molecule has 0 radical (unpaired) electrons. The van der Waals surface area contributed by atoms with Crippen LogP contribution in [0.3, 0.4) is 0 Å². The van der Waals surface area contributed by atoms with Crippen LogP contribution >= 0.6 is 0 Å². The summed E-state index contributed by atoms with van der Waals surface area (Å²) in [6.45, 7) is 1.97. The predicted molar refractivity (Wildman–Crippen MR) is 133 cm³/mol. The molecule has 2 fully saturated rings. The van der Waals surface area contributed by atoms with Gasteiger partial charge in [0.2, 0.25) is 11.8 Å². The summed E-state index contributed by atoms with van der Waals surface area (Å²) < 4.78 is 29.5. The third-order valence-electron chi connectivity index (χ3n) is 7.37. The number of alkyl halides is 2. The van der Waals surface area contributed by atoms with E-state index in [-0.39, 0.29) is 49.5 Å². The molecule has 2 atom stereocenters. The molecule has 3 aromatic rings. The smallest absolute Gasteiger partial charge is 0.253 e. The third-order valence-corrected chi connectivity index (χ3v) is 7.37. The first-order chi connectivity index (χ1) is 17.8. The molecule has 2 aliphatic rings. The number of halogens is 2. The van der Waals surface area contributed by atoms with Gasteiger partial charge in [-0.25, -0.2) is 18.3 Å². The number of amides is 2. The summed E-state index contributed by atoms with van der Waals surface area (Å²) >= 11 is 0. The highest BCUT2D eigenvalue weighted by molar-refractivity contribution is 5.94. The summed E-state index contributed by atoms with van der Waals surface area (Å²) in [5.41, 5.74) is 2.46. The number of pyridine rings is 1. The highest BCUT2D eigenvalue weighted by Gasteiger charge is 2.39. The normalized spacial score (nSPS) is 19.3. The fraction of sp³-hybridized carbons (Fsp3) is 0.519. The molecule has 10 heteroatoms. The monoisotopic (exact) mass is 510 g/mol. The number of nitrogens with one attached hydrogen (secondary N) is 2. The Kier molecular flexibility index (Phi) is 7.17. The first-order valence-electron chi connectivity index (χ1n) is 13.1. The van der Waals surface area contributed by atoms with Crippen LogP contribution in [0.2, 0.25) is 0 Å². The molecule has 0 aromatic carbocycles. The molecule has 0 spiro atoms. The Balaban J connectivity index is 1.43. The lowest BCUT2D eigenvalue weighted by Gasteiger charge is -2.33. The Morgan fingerprint density at radius 3 is 2.54 bits per heavy atom. The standard InChI is InChI=1S/C27H32F2N6O2/c1-2-4-23(36)33-24(17-6-7-17)20-13-22-32-21(16-35(22)31-15-20)25(18-8-10-27(28,29)11-9-18)34-26(37)19-5-3-12-30-14-19/h3,5,12-18,24-25H,2,4,6-11H2,1H3,(H,33,36)(H,34,37)/t24-,25+/m1/s1. The predicted octanol–water partition coefficient (Wildman–Crippen LogP) is 4.79. The molecule has 2 aliphatic carbocycles. The van der Waals surface area contributed by atoms with Crippen molar-refractivity contribution in [2.24, 2.45) is 11.8 Å². The second-order valence-electron chi connectivity index (χ2n) is 10.3. The third kappa shape index (κ3) is 5.94. The van der Waals surface area contributed by atoms with E-state index in [1.54, 1.807) is 35.2 Å². The number of rotatable bonds is 9. The van der Waals surface area contributed by atoms with Crippen molar-refractivity contribution in [3.8, 4) is 0 Å². The maximum Gasteiger partial charge on any atom is 0.253 e. The van der Waals surface area contributed by atoms with Crippen LogP contribution in [-0.2, 0) is 4.79 Å². The van der Waals surface area contributed by atoms with Gasteiger partial charge in [-0.15, -0.1) is 0 Å². The number of carbonyl (C=O) groups is 2. The topological polar surface area (TPSA) is 101 Å². The van der Waals surface area contributed by atoms with Gasteiger partial charge in [0.05, 0.1) is 35.7 Å². The minimum Gasteiger partial charge on any atom is -0.349 e. The van der Waals surface area contributed by atoms with Crippen LogP contribution in [0.1, 0.15) is 92.0 Å². The summed E-state index contributed by atoms with van der Waals surface area (Å²) in [5.74, 6) is -2.78. The van der Waals surface area contributed by atoms with E-state index < -0.39 is 12.0 Å². The number of hydrogen-bond donors (Lipinski definition) is 2. The molecule has 0 saturated heterocycles. The number of imidazole rings is 1. The molecule has 0 unspecified atom stereocenters. The first-order valence-corrected chi connectivity index (χ1v) is 13.1. The maximum atomic E-state index is 13.9. The number of carbonyl (C=O) groups excluding carboxylic acids is 2. The van der Waals surface area contributed by atoms with Crippen molar-refractivity contribution in [2.45, 2.75) is 76.3 Å². The van der Waals surface area contributed by atoms with Gasteiger partial charge in [-0.2, -0.15) is 5.10 Å². The van der Waals surface area contributed by atoms with E-state index in [9.17, 15) is 18.4 Å². The van der Waals surface area contributed by atoms with Crippen LogP contribution in [0.4, 0.5) is 8.78 Å². The van der Waals surface area contributed by atoms with Crippen molar-refractivity contribution >= 4 is 17.5 Å². The summed E-state index contributed by atoms with van der Waals surface area (Å²) in [7, 11) is 0. The van der Waals surface area contributed by atoms with Gasteiger partial charge < -0.3 is 10.6 Å². The number of fused-ring (bicyclic) bond motifs is 1. The molecule has 0 aliphatic heterocycles. The van der Waals surface area contributed by atoms with Gasteiger partial charge in [-0.3, -0.25) is 14.6 Å². The van der Waals surface area contributed by atoms with Crippen LogP contribution < -0.4 is 10.6 Å². The fourth-order valence-corrected chi connectivity index (χ4v) is 5.16. The number of aromatic nitrogens is 4. The zero-order valence-electron chi connectivity index (χ0n) is 20.9. The van der Waals surface area contributed by atoms with Gasteiger partial charge in [-0.1, -0.05) is 6.92 Å². The Morgan fingerprint density at radius 2 is 1.86 bits per heavy atom. The molecule has 8 nitrogen and oxygen atoms in total. The van der Waals surface area contributed by atoms with Crippen LogP contribution in [0.25, 0.3) is 5.65 Å². The fourth-order valence-electron chi connectivity index (χ4n) is 5.16. The second-order valence-corrected chi connectivity index (χ2v) is 10.3. The molecule has 2 N–H and O–H groups in total. The molecule has 0 bridgehead atoms. The highest BCUT2D eigenvalue weighted by atomic mass is 19.3. The lowest BCUT2D eigenvalue weighted by atomic mass is 9.81. The zero-order chi connectivity index (χ0) is 26.0. The van der Waals surface area contributed by atoms with Crippen molar-refractivity contribution in [1.29, 1.82) is 0 Å². The Hall–Kier alpha value is -3.43. The van der Waals surface area contributed by atoms with Crippen molar-refractivity contribution in [3.05, 3.63) is 59.8 Å². The van der Waals surface area contributed by atoms with Crippen molar-refractivity contribution < 1.29 is 18.4 Å². The largest absolute Gasteiger partial charge is 0.349 e. The van der Waals surface area contributed by atoms with Crippen LogP contribution in [0, 0.1) is 11.8 Å². The van der Waals surface area contributed by atoms with Crippen molar-refractivity contribution in [2.75, 3.05) is 0 Å². The van der Waals surface area contributed by atoms with E-state index in [0.29, 0.717) is 29.2 Å². The van der Waals surface area contributed by atoms with E-state index >= 15 is 0 Å². The highest BCUT2D eigenvalue weighted by Crippen LogP contribution is 2.42. The van der Waals surface area contributed by atoms with E-state index in [4.69, 9.17) is 4.98 Å². The minimum absolute atomic E-state index is 0.0237. The summed E-state index contributed by atoms with van der Waals surface area (Å²) in [6.07, 6.45) is 10.1. The van der Waals surface area contributed by atoms with Crippen molar-refractivity contribution in [1.82, 2.24) is 30.2 Å². The maximum absolute atomic E-state index is 13.9. The first kappa shape index (κ1) is 25.2. The van der Waals surface area contributed by atoms with E-state index in [2.05, 4.69) is 20.7 Å². The summed E-state index contributed by atoms with van der Waals surface area (Å²) in [4.78, 5) is 34.1. The molecule has 5 rings (SSSR count). The van der Waals surface area contributed by atoms with Gasteiger partial charge in [0.1, 0.15) is 0 Å². The van der Waals surface area contributed by atoms with Crippen LogP contribution in [0.15, 0.2) is 43.0 Å². The summed E-state index contributed by atoms with van der Waals surface area (Å²) in [6, 6.07) is 4.60. The minimum atomic E-state index is -2.68. The molecule has 3 heterocycles. The summed E-state index contributed by atoms with van der Waals surface area (Å²) in [5, 5.41) is 10.7. The average molecular weight is 511 g/mol. The zero-order valence-corrected chi connectivity index (χ0v) is 20.9. The van der Waals surface area contributed by atoms with E-state index in [1.807, 2.05) is 13.0 Å². The second kappa shape index (κ2) is 10.5. The van der Waals surface area contributed by atoms with E-state index in [0.717, 1.165) is 24.8 Å². The van der Waals surface area contributed by atoms with Crippen LogP contribution in [-0.4, -0.2) is 37.3 Å². The Bertz CT molecular complexity index is 1250. The molecule has 3 aromatic heterocycles. The molecule has 196 valence electrons. The average Bonchev–Trinajstić information content (AvgIpc) is 3.64. The Morgan fingerprint density at radius 1 is 1.11 bits per heavy atom. The van der Waals surface area contributed by atoms with E-state index in [1.165, 1.54) is 6.20 Å². The number of nitrogens with zero attached hydrogens (tertiary/aromatic N) is 4. The quantitative estimate of drug-likeness (QED) is 0.431. The lowest BCUT2D eigenvalue weighted by molar-refractivity contribution is -0.122. The lowest BCUT2D eigenvalue weighted by Crippen LogP contribution is -2.37. The van der Waals surface area contributed by atoms with Gasteiger partial charge >= 0.3 is 0 Å². The van der Waals surface area contributed by atoms with Gasteiger partial charge in [0, 0.05) is 31.7 Å². The van der Waals surface area contributed by atoms with Gasteiger partial charge in [0.15, 0.2) is 5.65 Å². The molecular weight excluding hydrogens is 478 g/mol. The molecule has 37 heavy (non-hydrogen) atoms. The molecule has 2 amide bonds. The van der Waals surface area contributed by atoms with Gasteiger partial charge in [-0.05, 0) is 67.7 Å². The van der Waals surface area contributed by atoms with Crippen LogP contribution in [0.5, 0.6) is 0 Å². The SMILES string of the molecule is CCCC(=O)N[C@@H](c1cnn2cc([C@@H](NC(=O)c3cccnc3)C3CCC(F)(F)CC3)nc2c1)C1CC1. The Labute approximate surface area is 214 Å². The molecular formula is C27H32F2N6O2. The van der Waals surface area contributed by atoms with Crippen molar-refractivity contribution in [3.63, 3.8) is 0 Å².